The third-order valence-corrected chi connectivity index (χ3v) is 6.02. The minimum Gasteiger partial charge on any atom is -0.473 e. The molecule has 3 heterocycles. The van der Waals surface area contributed by atoms with E-state index in [1.54, 1.807) is 10.7 Å². The molecule has 6 nitrogen and oxygen atoms in total. The largest absolute Gasteiger partial charge is 0.473 e. The predicted molar refractivity (Wildman–Crippen MR) is 108 cm³/mol. The number of imidazole rings is 1. The summed E-state index contributed by atoms with van der Waals surface area (Å²) >= 11 is 0. The van der Waals surface area contributed by atoms with E-state index in [4.69, 9.17) is 9.15 Å². The molecule has 6 rings (SSSR count). The van der Waals surface area contributed by atoms with E-state index >= 15 is 0 Å². The van der Waals surface area contributed by atoms with Gasteiger partial charge in [-0.25, -0.2) is 9.50 Å². The number of benzene rings is 1. The maximum Gasteiger partial charge on any atom is 0.232 e. The molecule has 0 atom stereocenters. The second kappa shape index (κ2) is 6.44. The first-order valence-electron chi connectivity index (χ1n) is 10.3. The average molecular weight is 387 g/mol. The first-order chi connectivity index (χ1) is 14.2. The monoisotopic (exact) mass is 387 g/mol. The Morgan fingerprint density at radius 1 is 1.17 bits per heavy atom. The number of furan rings is 1. The van der Waals surface area contributed by atoms with E-state index in [1.807, 2.05) is 42.5 Å². The molecule has 0 saturated heterocycles. The van der Waals surface area contributed by atoms with Crippen LogP contribution in [0.15, 0.2) is 53.1 Å². The Morgan fingerprint density at radius 3 is 2.86 bits per heavy atom. The molecule has 3 aromatic heterocycles. The zero-order valence-corrected chi connectivity index (χ0v) is 16.0. The molecular weight excluding hydrogens is 366 g/mol. The van der Waals surface area contributed by atoms with E-state index in [2.05, 4.69) is 10.1 Å². The number of para-hydroxylation sites is 1. The van der Waals surface area contributed by atoms with E-state index in [-0.39, 0.29) is 6.10 Å². The van der Waals surface area contributed by atoms with E-state index in [1.165, 1.54) is 0 Å². The summed E-state index contributed by atoms with van der Waals surface area (Å²) in [6.45, 7) is 0. The number of nitrogens with zero attached hydrogens (tertiary/aromatic N) is 3. The van der Waals surface area contributed by atoms with Crippen molar-refractivity contribution in [3.63, 3.8) is 0 Å². The normalized spacial score (nSPS) is 21.4. The van der Waals surface area contributed by atoms with Gasteiger partial charge in [0.05, 0.1) is 6.20 Å². The van der Waals surface area contributed by atoms with E-state index < -0.39 is 0 Å². The molecule has 0 spiro atoms. The lowest BCUT2D eigenvalue weighted by molar-refractivity contribution is -0.122. The number of rotatable bonds is 6. The van der Waals surface area contributed by atoms with Crippen LogP contribution in [0.25, 0.3) is 28.1 Å². The van der Waals surface area contributed by atoms with Gasteiger partial charge in [-0.2, -0.15) is 0 Å². The summed E-state index contributed by atoms with van der Waals surface area (Å²) in [6, 6.07) is 13.7. The quantitative estimate of drug-likeness (QED) is 0.481. The molecule has 0 aliphatic heterocycles. The third kappa shape index (κ3) is 3.09. The Bertz CT molecular complexity index is 1180. The van der Waals surface area contributed by atoms with Gasteiger partial charge in [0.15, 0.2) is 11.4 Å². The zero-order chi connectivity index (χ0) is 19.4. The molecule has 146 valence electrons. The molecular formula is C23H21N3O3. The van der Waals surface area contributed by atoms with Crippen molar-refractivity contribution in [1.29, 1.82) is 0 Å². The van der Waals surface area contributed by atoms with Gasteiger partial charge < -0.3 is 9.15 Å². The molecule has 0 amide bonds. The minimum absolute atomic E-state index is 0.134. The lowest BCUT2D eigenvalue weighted by Gasteiger charge is -2.34. The second-order valence-electron chi connectivity index (χ2n) is 8.26. The fraction of sp³-hybridized carbons (Fsp3) is 0.348. The highest BCUT2D eigenvalue weighted by Crippen LogP contribution is 2.38. The van der Waals surface area contributed by atoms with E-state index in [0.29, 0.717) is 29.9 Å². The Hall–Kier alpha value is -3.15. The van der Waals surface area contributed by atoms with E-state index in [0.717, 1.165) is 53.8 Å². The van der Waals surface area contributed by atoms with Crippen molar-refractivity contribution in [3.05, 3.63) is 48.7 Å². The fourth-order valence-corrected chi connectivity index (χ4v) is 4.16. The molecule has 2 aliphatic rings. The predicted octanol–water partition coefficient (Wildman–Crippen LogP) is 4.67. The second-order valence-corrected chi connectivity index (χ2v) is 8.26. The Morgan fingerprint density at radius 2 is 2.03 bits per heavy atom. The number of carbonyl (C=O) groups excluding carboxylic acids is 1. The van der Waals surface area contributed by atoms with Crippen molar-refractivity contribution in [2.45, 2.75) is 38.2 Å². The first kappa shape index (κ1) is 16.8. The number of Topliss-reactive ketones (excluding diaryl/α,β-unsaturated/α-hetero) is 1. The van der Waals surface area contributed by atoms with Crippen molar-refractivity contribution in [1.82, 2.24) is 14.6 Å². The molecule has 0 N–H and O–H groups in total. The van der Waals surface area contributed by atoms with Crippen LogP contribution >= 0.6 is 0 Å². The lowest BCUT2D eigenvalue weighted by Crippen LogP contribution is -2.35. The highest BCUT2D eigenvalue weighted by atomic mass is 16.5. The standard InChI is InChI=1S/C23H21N3O3/c27-19(15-5-6-15)11-14-9-17(10-14)28-23-8-7-22-24-13-18(26(22)25-23)21-12-16-3-1-2-4-20(16)29-21/h1-4,7-8,12-15,17H,5-6,9-11H2. The Balaban J connectivity index is 1.20. The molecule has 1 aromatic carbocycles. The smallest absolute Gasteiger partial charge is 0.232 e. The van der Waals surface area contributed by atoms with Gasteiger partial charge in [0, 0.05) is 23.8 Å². The van der Waals surface area contributed by atoms with Crippen LogP contribution in [0.4, 0.5) is 0 Å². The Kier molecular flexibility index (Phi) is 3.72. The van der Waals surface area contributed by atoms with Crippen LogP contribution in [0.3, 0.4) is 0 Å². The minimum atomic E-state index is 0.134. The lowest BCUT2D eigenvalue weighted by atomic mass is 9.78. The molecule has 29 heavy (non-hydrogen) atoms. The van der Waals surface area contributed by atoms with Crippen LogP contribution in [0.2, 0.25) is 0 Å². The van der Waals surface area contributed by atoms with Gasteiger partial charge in [-0.05, 0) is 49.8 Å². The summed E-state index contributed by atoms with van der Waals surface area (Å²) in [7, 11) is 0. The summed E-state index contributed by atoms with van der Waals surface area (Å²) in [4.78, 5) is 16.4. The maximum absolute atomic E-state index is 12.0. The van der Waals surface area contributed by atoms with Crippen LogP contribution < -0.4 is 4.74 Å². The Labute approximate surface area is 167 Å². The maximum atomic E-state index is 12.0. The number of hydrogen-bond donors (Lipinski definition) is 0. The number of ether oxygens (including phenoxy) is 1. The van der Waals surface area contributed by atoms with Crippen molar-refractivity contribution < 1.29 is 13.9 Å². The topological polar surface area (TPSA) is 69.6 Å². The van der Waals surface area contributed by atoms with Gasteiger partial charge in [-0.15, -0.1) is 5.10 Å². The summed E-state index contributed by atoms with van der Waals surface area (Å²) in [5, 5.41) is 5.68. The van der Waals surface area contributed by atoms with Gasteiger partial charge >= 0.3 is 0 Å². The van der Waals surface area contributed by atoms with Crippen LogP contribution in [0.5, 0.6) is 5.88 Å². The van der Waals surface area contributed by atoms with Gasteiger partial charge in [-0.3, -0.25) is 4.79 Å². The molecule has 6 heteroatoms. The summed E-state index contributed by atoms with van der Waals surface area (Å²) in [5.74, 6) is 2.57. The van der Waals surface area contributed by atoms with E-state index in [9.17, 15) is 4.79 Å². The summed E-state index contributed by atoms with van der Waals surface area (Å²) in [5.41, 5.74) is 2.38. The number of ketones is 1. The summed E-state index contributed by atoms with van der Waals surface area (Å²) < 4.78 is 13.8. The van der Waals surface area contributed by atoms with Crippen LogP contribution in [-0.4, -0.2) is 26.5 Å². The van der Waals surface area contributed by atoms with Crippen molar-refractivity contribution in [2.75, 3.05) is 0 Å². The molecule has 2 aliphatic carbocycles. The molecule has 0 unspecified atom stereocenters. The highest BCUT2D eigenvalue weighted by Gasteiger charge is 2.37. The fourth-order valence-electron chi connectivity index (χ4n) is 4.16. The molecule has 2 fully saturated rings. The van der Waals surface area contributed by atoms with Gasteiger partial charge in [-0.1, -0.05) is 18.2 Å². The van der Waals surface area contributed by atoms with Crippen LogP contribution in [-0.2, 0) is 4.79 Å². The number of fused-ring (bicyclic) bond motifs is 2. The zero-order valence-electron chi connectivity index (χ0n) is 16.0. The van der Waals surface area contributed by atoms with Crippen LogP contribution in [0.1, 0.15) is 32.1 Å². The number of hydrogen-bond acceptors (Lipinski definition) is 5. The van der Waals surface area contributed by atoms with Crippen molar-refractivity contribution >= 4 is 22.4 Å². The van der Waals surface area contributed by atoms with Crippen molar-refractivity contribution in [2.24, 2.45) is 11.8 Å². The SMILES string of the molecule is O=C(CC1CC(Oc2ccc3ncc(-c4cc5ccccc5o4)n3n2)C1)C1CC1. The number of aromatic nitrogens is 3. The van der Waals surface area contributed by atoms with Crippen molar-refractivity contribution in [3.8, 4) is 17.3 Å². The van der Waals surface area contributed by atoms with Gasteiger partial charge in [0.1, 0.15) is 23.2 Å². The molecule has 0 radical (unpaired) electrons. The average Bonchev–Trinajstić information content (AvgIpc) is 3.33. The van der Waals surface area contributed by atoms with Gasteiger partial charge in [0.25, 0.3) is 0 Å². The molecule has 2 saturated carbocycles. The molecule has 0 bridgehead atoms. The summed E-state index contributed by atoms with van der Waals surface area (Å²) in [6.07, 6.45) is 6.66. The highest BCUT2D eigenvalue weighted by molar-refractivity contribution is 5.83. The van der Waals surface area contributed by atoms with Gasteiger partial charge in [0.2, 0.25) is 5.88 Å². The number of carbonyl (C=O) groups is 1. The first-order valence-corrected chi connectivity index (χ1v) is 10.3. The van der Waals surface area contributed by atoms with Crippen LogP contribution in [0, 0.1) is 11.8 Å². The third-order valence-electron chi connectivity index (χ3n) is 6.02. The molecule has 4 aromatic rings.